The molecule has 0 radical (unpaired) electrons. The number of esters is 1. The lowest BCUT2D eigenvalue weighted by molar-refractivity contribution is -0.129. The number of pyridine rings is 1. The molecule has 0 aliphatic heterocycles. The number of aromatic nitrogens is 4. The summed E-state index contributed by atoms with van der Waals surface area (Å²) in [6.07, 6.45) is 3.02. The summed E-state index contributed by atoms with van der Waals surface area (Å²) in [5.41, 5.74) is 0.203. The Hall–Kier alpha value is -3.86. The number of hydrogen-bond donors (Lipinski definition) is 2. The Labute approximate surface area is 224 Å². The Kier molecular flexibility index (Phi) is 6.42. The van der Waals surface area contributed by atoms with Crippen LogP contribution in [-0.4, -0.2) is 43.6 Å². The molecule has 198 valence electrons. The molecule has 1 saturated carbocycles. The fourth-order valence-electron chi connectivity index (χ4n) is 4.56. The molecule has 1 fully saturated rings. The normalized spacial score (nSPS) is 19.2. The van der Waals surface area contributed by atoms with E-state index in [0.29, 0.717) is 40.3 Å². The molecule has 0 saturated heterocycles. The van der Waals surface area contributed by atoms with E-state index < -0.39 is 17.0 Å². The van der Waals surface area contributed by atoms with Gasteiger partial charge in [0.15, 0.2) is 5.13 Å². The molecular weight excluding hydrogens is 504 g/mol. The summed E-state index contributed by atoms with van der Waals surface area (Å²) in [5, 5.41) is 12.8. The van der Waals surface area contributed by atoms with Crippen molar-refractivity contribution < 1.29 is 18.8 Å². The maximum Gasteiger partial charge on any atom is 0.350 e. The highest BCUT2D eigenvalue weighted by Crippen LogP contribution is 2.44. The fourth-order valence-corrected chi connectivity index (χ4v) is 5.40. The lowest BCUT2D eigenvalue weighted by atomic mass is 9.66. The van der Waals surface area contributed by atoms with Crippen LogP contribution in [-0.2, 0) is 9.53 Å². The highest BCUT2D eigenvalue weighted by Gasteiger charge is 2.46. The summed E-state index contributed by atoms with van der Waals surface area (Å²) in [6.45, 7) is 10.9. The second kappa shape index (κ2) is 9.46. The van der Waals surface area contributed by atoms with Crippen molar-refractivity contribution in [1.82, 2.24) is 20.1 Å². The molecule has 3 aromatic heterocycles. The van der Waals surface area contributed by atoms with E-state index in [-0.39, 0.29) is 11.9 Å². The van der Waals surface area contributed by atoms with E-state index in [1.165, 1.54) is 0 Å². The molecule has 38 heavy (non-hydrogen) atoms. The Morgan fingerprint density at radius 2 is 1.92 bits per heavy atom. The predicted octanol–water partition coefficient (Wildman–Crippen LogP) is 5.53. The Morgan fingerprint density at radius 3 is 2.61 bits per heavy atom. The van der Waals surface area contributed by atoms with Crippen molar-refractivity contribution in [2.24, 2.45) is 5.41 Å². The molecule has 1 aliphatic rings. The summed E-state index contributed by atoms with van der Waals surface area (Å²) >= 11 is 1.13. The number of amides is 1. The largest absolute Gasteiger partial charge is 0.456 e. The number of nitrogens with one attached hydrogen (secondary N) is 2. The molecule has 10 nitrogen and oxygen atoms in total. The average molecular weight is 535 g/mol. The lowest BCUT2D eigenvalue weighted by Gasteiger charge is -2.44. The molecule has 5 rings (SSSR count). The van der Waals surface area contributed by atoms with Crippen molar-refractivity contribution in [3.05, 3.63) is 46.9 Å². The molecular formula is C27H30N6O4S. The van der Waals surface area contributed by atoms with Gasteiger partial charge in [-0.05, 0) is 58.1 Å². The van der Waals surface area contributed by atoms with Gasteiger partial charge >= 0.3 is 5.97 Å². The topological polar surface area (TPSA) is 132 Å². The summed E-state index contributed by atoms with van der Waals surface area (Å²) in [7, 11) is 0. The predicted molar refractivity (Wildman–Crippen MR) is 145 cm³/mol. The first-order chi connectivity index (χ1) is 17.9. The van der Waals surface area contributed by atoms with Crippen molar-refractivity contribution in [2.45, 2.75) is 66.0 Å². The quantitative estimate of drug-likeness (QED) is 0.306. The Bertz CT molecular complexity index is 1530. The third kappa shape index (κ3) is 5.24. The minimum Gasteiger partial charge on any atom is -0.456 e. The van der Waals surface area contributed by atoms with Crippen LogP contribution in [0.2, 0.25) is 0 Å². The number of hydrogen-bond acceptors (Lipinski definition) is 10. The first-order valence-corrected chi connectivity index (χ1v) is 13.2. The van der Waals surface area contributed by atoms with Crippen LogP contribution in [0.5, 0.6) is 0 Å². The Morgan fingerprint density at radius 1 is 1.16 bits per heavy atom. The maximum absolute atomic E-state index is 13.1. The lowest BCUT2D eigenvalue weighted by Crippen LogP contribution is -2.50. The van der Waals surface area contributed by atoms with Crippen molar-refractivity contribution in [1.29, 1.82) is 0 Å². The van der Waals surface area contributed by atoms with Gasteiger partial charge in [-0.1, -0.05) is 35.5 Å². The number of carbonyl (C=O) groups is 2. The number of nitrogens with zero attached hydrogens (tertiary/aromatic N) is 4. The van der Waals surface area contributed by atoms with Crippen LogP contribution < -0.4 is 10.6 Å². The maximum atomic E-state index is 13.1. The number of anilines is 2. The van der Waals surface area contributed by atoms with Crippen LogP contribution in [0.15, 0.2) is 35.0 Å². The van der Waals surface area contributed by atoms with Crippen LogP contribution >= 0.6 is 11.3 Å². The van der Waals surface area contributed by atoms with E-state index in [4.69, 9.17) is 9.26 Å². The Balaban J connectivity index is 1.25. The number of ether oxygens (including phenoxy) is 1. The van der Waals surface area contributed by atoms with Gasteiger partial charge in [-0.3, -0.25) is 4.79 Å². The number of carbonyl (C=O) groups excluding carboxylic acids is 2. The first-order valence-electron chi connectivity index (χ1n) is 12.4. The molecule has 11 heteroatoms. The smallest absolute Gasteiger partial charge is 0.350 e. The fraction of sp³-hybridized carbons (Fsp3) is 0.407. The van der Waals surface area contributed by atoms with Crippen molar-refractivity contribution in [2.75, 3.05) is 10.6 Å². The average Bonchev–Trinajstić information content (AvgIpc) is 3.42. The first kappa shape index (κ1) is 25.8. The summed E-state index contributed by atoms with van der Waals surface area (Å²) in [5.74, 6) is 1.22. The molecule has 0 bridgehead atoms. The van der Waals surface area contributed by atoms with Gasteiger partial charge in [0.2, 0.25) is 17.6 Å². The van der Waals surface area contributed by atoms with E-state index in [2.05, 4.69) is 30.7 Å². The highest BCUT2D eigenvalue weighted by molar-refractivity contribution is 7.17. The van der Waals surface area contributed by atoms with Crippen LogP contribution in [0.25, 0.3) is 22.2 Å². The monoisotopic (exact) mass is 534 g/mol. The summed E-state index contributed by atoms with van der Waals surface area (Å²) in [6, 6.07) is 7.98. The van der Waals surface area contributed by atoms with Crippen LogP contribution in [0, 0.1) is 19.3 Å². The molecule has 1 aromatic carbocycles. The van der Waals surface area contributed by atoms with Gasteiger partial charge < -0.3 is 19.9 Å². The van der Waals surface area contributed by atoms with Gasteiger partial charge in [-0.2, -0.15) is 4.98 Å². The zero-order valence-corrected chi connectivity index (χ0v) is 23.0. The molecule has 0 unspecified atom stereocenters. The van der Waals surface area contributed by atoms with Crippen LogP contribution in [0.3, 0.4) is 0 Å². The SMILES string of the molecule is Cc1nc(-c2ccc3ccnc(N[C@H]4C[C@@](C)(C(=O)Nc5nc(C)c(C(=O)OC(C)(C)C)s5)C4)c3c2)no1. The number of aryl methyl sites for hydroxylation is 2. The highest BCUT2D eigenvalue weighted by atomic mass is 32.1. The van der Waals surface area contributed by atoms with E-state index >= 15 is 0 Å². The third-order valence-corrected chi connectivity index (χ3v) is 7.49. The van der Waals surface area contributed by atoms with Crippen LogP contribution in [0.4, 0.5) is 10.9 Å². The summed E-state index contributed by atoms with van der Waals surface area (Å²) in [4.78, 5) is 39.2. The molecule has 1 aliphatic carbocycles. The van der Waals surface area contributed by atoms with E-state index in [1.807, 2.05) is 52.0 Å². The number of fused-ring (bicyclic) bond motifs is 1. The number of benzene rings is 1. The van der Waals surface area contributed by atoms with Gasteiger partial charge in [0.1, 0.15) is 16.3 Å². The number of thiazole rings is 1. The third-order valence-electron chi connectivity index (χ3n) is 6.44. The standard InChI is InChI=1S/C27H30N6O4S/c1-14-20(23(34)36-26(3,4)5)38-25(29-14)32-24(35)27(6)12-18(13-27)31-22-19-11-17(21-30-15(2)37-33-21)8-7-16(19)9-10-28-22/h7-11,18H,12-13H2,1-6H3,(H,28,31)(H,29,32,35)/t18-,27+. The molecule has 4 aromatic rings. The summed E-state index contributed by atoms with van der Waals surface area (Å²) < 4.78 is 10.6. The van der Waals surface area contributed by atoms with Gasteiger partial charge in [0, 0.05) is 30.1 Å². The minimum atomic E-state index is -0.606. The zero-order chi connectivity index (χ0) is 27.2. The van der Waals surface area contributed by atoms with Crippen LogP contribution in [0.1, 0.15) is 61.8 Å². The molecule has 0 atom stereocenters. The molecule has 1 amide bonds. The second-order valence-corrected chi connectivity index (χ2v) is 11.9. The van der Waals surface area contributed by atoms with Gasteiger partial charge in [0.25, 0.3) is 0 Å². The minimum absolute atomic E-state index is 0.0790. The van der Waals surface area contributed by atoms with Crippen molar-refractivity contribution in [3.63, 3.8) is 0 Å². The van der Waals surface area contributed by atoms with Gasteiger partial charge in [0.05, 0.1) is 11.1 Å². The molecule has 0 spiro atoms. The zero-order valence-electron chi connectivity index (χ0n) is 22.2. The second-order valence-electron chi connectivity index (χ2n) is 10.9. The van der Waals surface area contributed by atoms with E-state index in [1.54, 1.807) is 20.0 Å². The van der Waals surface area contributed by atoms with Gasteiger partial charge in [-0.15, -0.1) is 0 Å². The van der Waals surface area contributed by atoms with Crippen molar-refractivity contribution >= 4 is 44.9 Å². The van der Waals surface area contributed by atoms with Gasteiger partial charge in [-0.25, -0.2) is 14.8 Å². The van der Waals surface area contributed by atoms with E-state index in [9.17, 15) is 9.59 Å². The molecule has 2 N–H and O–H groups in total. The van der Waals surface area contributed by atoms with E-state index in [0.717, 1.165) is 33.5 Å². The number of rotatable bonds is 6. The molecule has 3 heterocycles. The van der Waals surface area contributed by atoms with Crippen molar-refractivity contribution in [3.8, 4) is 11.4 Å².